The number of carbonyl (C=O) groups is 1. The van der Waals surface area contributed by atoms with Crippen LogP contribution in [0, 0.1) is 0 Å². The molecule has 25 heavy (non-hydrogen) atoms. The Bertz CT molecular complexity index is 843. The largest absolute Gasteiger partial charge is 0.463 e. The van der Waals surface area contributed by atoms with Crippen molar-refractivity contribution in [2.24, 2.45) is 15.7 Å². The molecule has 2 aliphatic rings. The van der Waals surface area contributed by atoms with Gasteiger partial charge < -0.3 is 15.4 Å². The molecule has 1 aromatic rings. The van der Waals surface area contributed by atoms with Gasteiger partial charge in [-0.1, -0.05) is 39.7 Å². The zero-order chi connectivity index (χ0) is 18.1. The predicted octanol–water partition coefficient (Wildman–Crippen LogP) is 3.45. The van der Waals surface area contributed by atoms with E-state index in [1.165, 1.54) is 6.34 Å². The highest BCUT2D eigenvalue weighted by Gasteiger charge is 2.38. The number of hydrogen-bond donors (Lipinski definition) is 1. The van der Waals surface area contributed by atoms with Crippen molar-refractivity contribution in [3.63, 3.8) is 0 Å². The van der Waals surface area contributed by atoms with Gasteiger partial charge in [-0.05, 0) is 31.5 Å². The van der Waals surface area contributed by atoms with E-state index in [4.69, 9.17) is 22.1 Å². The molecule has 1 atom stereocenters. The van der Waals surface area contributed by atoms with E-state index in [1.807, 2.05) is 24.3 Å². The molecule has 0 saturated carbocycles. The minimum absolute atomic E-state index is 0.178. The number of carbonyl (C=O) groups excluding carboxylic acids is 1. The molecule has 0 spiro atoms. The van der Waals surface area contributed by atoms with Crippen molar-refractivity contribution in [1.29, 1.82) is 0 Å². The maximum absolute atomic E-state index is 12.6. The Hall–Kier alpha value is -2.12. The van der Waals surface area contributed by atoms with Crippen molar-refractivity contribution in [2.75, 3.05) is 6.61 Å². The van der Waals surface area contributed by atoms with Crippen LogP contribution < -0.4 is 5.73 Å². The lowest BCUT2D eigenvalue weighted by molar-refractivity contribution is -0.139. The van der Waals surface area contributed by atoms with Crippen LogP contribution >= 0.6 is 27.5 Å². The van der Waals surface area contributed by atoms with Crippen LogP contribution in [0.4, 0.5) is 0 Å². The van der Waals surface area contributed by atoms with Gasteiger partial charge in [0.15, 0.2) is 11.0 Å². The van der Waals surface area contributed by atoms with Crippen molar-refractivity contribution < 1.29 is 9.53 Å². The minimum Gasteiger partial charge on any atom is -0.463 e. The first-order valence-corrected chi connectivity index (χ1v) is 8.81. The van der Waals surface area contributed by atoms with E-state index in [0.29, 0.717) is 17.1 Å². The van der Waals surface area contributed by atoms with E-state index in [1.54, 1.807) is 18.7 Å². The number of esters is 1. The smallest absolute Gasteiger partial charge is 0.338 e. The molecule has 130 valence electrons. The average molecular weight is 424 g/mol. The third kappa shape index (κ3) is 3.21. The van der Waals surface area contributed by atoms with Gasteiger partial charge in [0, 0.05) is 4.47 Å². The maximum Gasteiger partial charge on any atom is 0.338 e. The zero-order valence-corrected chi connectivity index (χ0v) is 16.0. The summed E-state index contributed by atoms with van der Waals surface area (Å²) in [5, 5.41) is 0.178. The molecular weight excluding hydrogens is 408 g/mol. The van der Waals surface area contributed by atoms with Gasteiger partial charge >= 0.3 is 5.97 Å². The second-order valence-electron chi connectivity index (χ2n) is 5.47. The first kappa shape index (κ1) is 17.7. The summed E-state index contributed by atoms with van der Waals surface area (Å²) in [5.74, 6) is 0.0572. The first-order chi connectivity index (χ1) is 11.9. The van der Waals surface area contributed by atoms with Crippen LogP contribution in [0.5, 0.6) is 0 Å². The van der Waals surface area contributed by atoms with E-state index in [-0.39, 0.29) is 17.5 Å². The average Bonchev–Trinajstić information content (AvgIpc) is 2.58. The lowest BCUT2D eigenvalue weighted by Crippen LogP contribution is -2.43. The molecule has 0 aromatic heterocycles. The van der Waals surface area contributed by atoms with E-state index in [9.17, 15) is 4.79 Å². The molecule has 0 radical (unpaired) electrons. The minimum atomic E-state index is -0.452. The topological polar surface area (TPSA) is 80.3 Å². The first-order valence-electron chi connectivity index (χ1n) is 7.64. The Morgan fingerprint density at radius 3 is 2.72 bits per heavy atom. The molecule has 8 heteroatoms. The molecule has 2 heterocycles. The van der Waals surface area contributed by atoms with E-state index in [0.717, 1.165) is 10.0 Å². The Kier molecular flexibility index (Phi) is 4.96. The molecule has 0 aliphatic carbocycles. The van der Waals surface area contributed by atoms with E-state index in [2.05, 4.69) is 25.9 Å². The van der Waals surface area contributed by atoms with E-state index >= 15 is 0 Å². The molecule has 0 fully saturated rings. The van der Waals surface area contributed by atoms with Crippen molar-refractivity contribution >= 4 is 45.7 Å². The predicted molar refractivity (Wildman–Crippen MR) is 101 cm³/mol. The molecule has 0 bridgehead atoms. The summed E-state index contributed by atoms with van der Waals surface area (Å²) in [7, 11) is 0. The molecule has 3 rings (SSSR count). The van der Waals surface area contributed by atoms with Gasteiger partial charge in [0.25, 0.3) is 0 Å². The number of hydrogen-bond acceptors (Lipinski definition) is 6. The maximum atomic E-state index is 12.6. The molecule has 1 unspecified atom stereocenters. The Morgan fingerprint density at radius 1 is 1.40 bits per heavy atom. The molecular formula is C17H16BrClN4O2. The number of halogens is 2. The second-order valence-corrected chi connectivity index (χ2v) is 6.74. The number of nitrogens with two attached hydrogens (primary N) is 1. The van der Waals surface area contributed by atoms with Crippen LogP contribution in [-0.2, 0) is 9.53 Å². The van der Waals surface area contributed by atoms with Crippen molar-refractivity contribution in [3.05, 3.63) is 56.4 Å². The summed E-state index contributed by atoms with van der Waals surface area (Å²) in [4.78, 5) is 22.9. The molecule has 6 nitrogen and oxygen atoms in total. The number of ether oxygens (including phenoxy) is 1. The quantitative estimate of drug-likeness (QED) is 0.596. The monoisotopic (exact) mass is 422 g/mol. The van der Waals surface area contributed by atoms with Gasteiger partial charge in [-0.25, -0.2) is 14.8 Å². The highest BCUT2D eigenvalue weighted by Crippen LogP contribution is 2.37. The van der Waals surface area contributed by atoms with E-state index < -0.39 is 12.0 Å². The summed E-state index contributed by atoms with van der Waals surface area (Å²) in [5.41, 5.74) is 8.20. The van der Waals surface area contributed by atoms with Crippen LogP contribution in [0.2, 0.25) is 0 Å². The normalized spacial score (nSPS) is 19.8. The fourth-order valence-electron chi connectivity index (χ4n) is 2.77. The summed E-state index contributed by atoms with van der Waals surface area (Å²) in [6, 6.07) is 7.22. The van der Waals surface area contributed by atoms with Crippen LogP contribution in [0.1, 0.15) is 25.5 Å². The number of benzene rings is 1. The number of nitrogens with zero attached hydrogens (tertiary/aromatic N) is 3. The number of rotatable bonds is 3. The molecule has 0 amide bonds. The van der Waals surface area contributed by atoms with Crippen molar-refractivity contribution in [3.8, 4) is 0 Å². The number of aliphatic imine (C=N–C) groups is 2. The summed E-state index contributed by atoms with van der Waals surface area (Å²) < 4.78 is 6.18. The number of allylic oxidation sites excluding steroid dienone is 1. The van der Waals surface area contributed by atoms with Gasteiger partial charge in [-0.2, -0.15) is 0 Å². The molecule has 2 aliphatic heterocycles. The second kappa shape index (κ2) is 7.01. The van der Waals surface area contributed by atoms with Gasteiger partial charge in [-0.3, -0.25) is 0 Å². The highest BCUT2D eigenvalue weighted by atomic mass is 79.9. The fourth-order valence-corrected chi connectivity index (χ4v) is 3.16. The zero-order valence-electron chi connectivity index (χ0n) is 13.7. The van der Waals surface area contributed by atoms with Crippen molar-refractivity contribution in [2.45, 2.75) is 19.9 Å². The van der Waals surface area contributed by atoms with Crippen molar-refractivity contribution in [1.82, 2.24) is 4.90 Å². The summed E-state index contributed by atoms with van der Waals surface area (Å²) in [6.07, 6.45) is 1.54. The summed E-state index contributed by atoms with van der Waals surface area (Å²) >= 11 is 9.46. The Morgan fingerprint density at radius 2 is 2.08 bits per heavy atom. The van der Waals surface area contributed by atoms with Crippen LogP contribution in [0.3, 0.4) is 0 Å². The molecule has 0 saturated heterocycles. The highest BCUT2D eigenvalue weighted by molar-refractivity contribution is 9.10. The van der Waals surface area contributed by atoms with Crippen LogP contribution in [-0.4, -0.2) is 29.7 Å². The third-order valence-corrected chi connectivity index (χ3v) is 4.73. The van der Waals surface area contributed by atoms with Crippen LogP contribution in [0.25, 0.3) is 0 Å². The Balaban J connectivity index is 2.18. The number of fused-ring (bicyclic) bond motifs is 1. The van der Waals surface area contributed by atoms with Gasteiger partial charge in [-0.15, -0.1) is 0 Å². The van der Waals surface area contributed by atoms with Crippen LogP contribution in [0.15, 0.2) is 60.8 Å². The van der Waals surface area contributed by atoms with Gasteiger partial charge in [0.2, 0.25) is 0 Å². The lowest BCUT2D eigenvalue weighted by Gasteiger charge is -2.37. The molecule has 1 aromatic carbocycles. The summed E-state index contributed by atoms with van der Waals surface area (Å²) in [6.45, 7) is 3.80. The molecule has 2 N–H and O–H groups in total. The SMILES string of the molecule is CCOC(=O)C1=C(C)N=C2C(N)=C(Cl)N=CN2C1c1ccc(Br)cc1. The standard InChI is InChI=1S/C17H16BrClN4O2/c1-3-25-17(24)12-9(2)22-16-13(20)15(19)21-8-23(16)14(12)10-4-6-11(18)7-5-10/h4-8,14H,3,20H2,1-2H3. The van der Waals surface area contributed by atoms with Gasteiger partial charge in [0.1, 0.15) is 5.70 Å². The number of amidine groups is 1. The lowest BCUT2D eigenvalue weighted by atomic mass is 9.93. The fraction of sp³-hybridized carbons (Fsp3) is 0.235. The third-order valence-electron chi connectivity index (χ3n) is 3.90. The van der Waals surface area contributed by atoms with Gasteiger partial charge in [0.05, 0.1) is 30.3 Å². The Labute approximate surface area is 158 Å².